The van der Waals surface area contributed by atoms with Crippen molar-refractivity contribution in [1.29, 1.82) is 0 Å². The van der Waals surface area contributed by atoms with E-state index in [9.17, 15) is 5.11 Å². The number of β-amino-alcohol motifs (C(OH)–C–C–N with tert-alkyl or cyclic N) is 1. The van der Waals surface area contributed by atoms with Crippen LogP contribution in [0.1, 0.15) is 5.56 Å². The summed E-state index contributed by atoms with van der Waals surface area (Å²) in [5.74, 6) is 1.55. The summed E-state index contributed by atoms with van der Waals surface area (Å²) >= 11 is 0. The van der Waals surface area contributed by atoms with Crippen molar-refractivity contribution in [2.75, 3.05) is 46.4 Å². The van der Waals surface area contributed by atoms with Gasteiger partial charge >= 0.3 is 0 Å². The smallest absolute Gasteiger partial charge is 0.119 e. The molecule has 0 saturated carbocycles. The van der Waals surface area contributed by atoms with Crippen molar-refractivity contribution >= 4 is 0 Å². The Kier molecular flexibility index (Phi) is 6.89. The Bertz CT molecular complexity index is 640. The highest BCUT2D eigenvalue weighted by Gasteiger charge is 2.19. The quantitative estimate of drug-likeness (QED) is 0.786. The lowest BCUT2D eigenvalue weighted by atomic mass is 10.2. The van der Waals surface area contributed by atoms with E-state index in [-0.39, 0.29) is 0 Å². The predicted molar refractivity (Wildman–Crippen MR) is 103 cm³/mol. The molecule has 140 valence electrons. The molecule has 1 atom stereocenters. The molecule has 0 amide bonds. The lowest BCUT2D eigenvalue weighted by Crippen LogP contribution is -2.48. The first-order valence-corrected chi connectivity index (χ1v) is 9.16. The third-order valence-electron chi connectivity index (χ3n) is 4.68. The number of methoxy groups -OCH3 is 1. The number of rotatable bonds is 8. The molecule has 0 radical (unpaired) electrons. The van der Waals surface area contributed by atoms with Crippen LogP contribution in [-0.4, -0.2) is 67.5 Å². The van der Waals surface area contributed by atoms with Gasteiger partial charge in [0.05, 0.1) is 7.11 Å². The fourth-order valence-corrected chi connectivity index (χ4v) is 3.19. The third-order valence-corrected chi connectivity index (χ3v) is 4.68. The number of ether oxygens (including phenoxy) is 2. The van der Waals surface area contributed by atoms with Gasteiger partial charge in [0.1, 0.15) is 24.2 Å². The second kappa shape index (κ2) is 9.57. The summed E-state index contributed by atoms with van der Waals surface area (Å²) in [6, 6.07) is 18.0. The third kappa shape index (κ3) is 5.73. The Balaban J connectivity index is 1.35. The van der Waals surface area contributed by atoms with Crippen LogP contribution < -0.4 is 9.47 Å². The van der Waals surface area contributed by atoms with Crippen LogP contribution >= 0.6 is 0 Å². The molecular weight excluding hydrogens is 328 g/mol. The molecule has 1 saturated heterocycles. The number of benzene rings is 2. The van der Waals surface area contributed by atoms with Crippen molar-refractivity contribution in [3.8, 4) is 11.5 Å². The number of aliphatic hydroxyl groups excluding tert-OH is 1. The average molecular weight is 356 g/mol. The Morgan fingerprint density at radius 2 is 1.50 bits per heavy atom. The highest BCUT2D eigenvalue weighted by molar-refractivity contribution is 5.31. The van der Waals surface area contributed by atoms with E-state index in [0.717, 1.165) is 44.2 Å². The number of hydrogen-bond donors (Lipinski definition) is 1. The number of aliphatic hydroxyl groups is 1. The maximum Gasteiger partial charge on any atom is 0.119 e. The summed E-state index contributed by atoms with van der Waals surface area (Å²) in [6.45, 7) is 5.96. The molecule has 1 fully saturated rings. The maximum atomic E-state index is 10.3. The van der Waals surface area contributed by atoms with E-state index >= 15 is 0 Å². The van der Waals surface area contributed by atoms with E-state index < -0.39 is 6.10 Å². The van der Waals surface area contributed by atoms with E-state index in [1.165, 1.54) is 5.56 Å². The SMILES string of the molecule is COc1ccc(OC[C@@H](O)CN2CCN(Cc3ccccc3)CC2)cc1. The van der Waals surface area contributed by atoms with Gasteiger partial charge in [-0.2, -0.15) is 0 Å². The van der Waals surface area contributed by atoms with Crippen LogP contribution in [0, 0.1) is 0 Å². The molecule has 1 heterocycles. The van der Waals surface area contributed by atoms with Crippen molar-refractivity contribution < 1.29 is 14.6 Å². The minimum Gasteiger partial charge on any atom is -0.497 e. The van der Waals surface area contributed by atoms with Gasteiger partial charge < -0.3 is 14.6 Å². The zero-order valence-electron chi connectivity index (χ0n) is 15.4. The lowest BCUT2D eigenvalue weighted by molar-refractivity contribution is 0.0446. The van der Waals surface area contributed by atoms with Gasteiger partial charge in [-0.1, -0.05) is 30.3 Å². The molecule has 0 aliphatic carbocycles. The van der Waals surface area contributed by atoms with E-state index in [4.69, 9.17) is 9.47 Å². The Hall–Kier alpha value is -2.08. The van der Waals surface area contributed by atoms with Crippen molar-refractivity contribution in [2.45, 2.75) is 12.6 Å². The van der Waals surface area contributed by atoms with Crippen LogP contribution in [-0.2, 0) is 6.54 Å². The van der Waals surface area contributed by atoms with Gasteiger partial charge in [0.15, 0.2) is 0 Å². The largest absolute Gasteiger partial charge is 0.497 e. The fourth-order valence-electron chi connectivity index (χ4n) is 3.19. The normalized spacial score (nSPS) is 17.0. The predicted octanol–water partition coefficient (Wildman–Crippen LogP) is 2.25. The molecule has 0 unspecified atom stereocenters. The molecule has 3 rings (SSSR count). The number of piperazine rings is 1. The second-order valence-electron chi connectivity index (χ2n) is 6.70. The Morgan fingerprint density at radius 1 is 0.885 bits per heavy atom. The van der Waals surface area contributed by atoms with E-state index in [1.807, 2.05) is 24.3 Å². The maximum absolute atomic E-state index is 10.3. The fraction of sp³-hybridized carbons (Fsp3) is 0.429. The van der Waals surface area contributed by atoms with Crippen molar-refractivity contribution in [2.24, 2.45) is 0 Å². The number of hydrogen-bond acceptors (Lipinski definition) is 5. The molecule has 1 aliphatic heterocycles. The molecular formula is C21H28N2O3. The summed E-state index contributed by atoms with van der Waals surface area (Å²) in [4.78, 5) is 4.77. The zero-order valence-corrected chi connectivity index (χ0v) is 15.4. The highest BCUT2D eigenvalue weighted by Crippen LogP contribution is 2.17. The Labute approximate surface area is 155 Å². The van der Waals surface area contributed by atoms with E-state index in [0.29, 0.717) is 13.2 Å². The molecule has 2 aromatic carbocycles. The van der Waals surface area contributed by atoms with Crippen molar-refractivity contribution in [3.05, 3.63) is 60.2 Å². The first kappa shape index (κ1) is 18.7. The van der Waals surface area contributed by atoms with Crippen LogP contribution in [0.15, 0.2) is 54.6 Å². The molecule has 2 aromatic rings. The van der Waals surface area contributed by atoms with Gasteiger partial charge in [0, 0.05) is 39.3 Å². The molecule has 1 N–H and O–H groups in total. The number of nitrogens with zero attached hydrogens (tertiary/aromatic N) is 2. The van der Waals surface area contributed by atoms with Gasteiger partial charge in [-0.15, -0.1) is 0 Å². The molecule has 1 aliphatic rings. The Morgan fingerprint density at radius 3 is 2.15 bits per heavy atom. The minimum absolute atomic E-state index is 0.302. The van der Waals surface area contributed by atoms with Gasteiger partial charge in [0.2, 0.25) is 0 Å². The highest BCUT2D eigenvalue weighted by atomic mass is 16.5. The molecule has 0 spiro atoms. The average Bonchev–Trinajstić information content (AvgIpc) is 2.69. The molecule has 5 nitrogen and oxygen atoms in total. The van der Waals surface area contributed by atoms with Gasteiger partial charge in [0.25, 0.3) is 0 Å². The van der Waals surface area contributed by atoms with Crippen molar-refractivity contribution in [1.82, 2.24) is 9.80 Å². The van der Waals surface area contributed by atoms with Crippen LogP contribution in [0.3, 0.4) is 0 Å². The van der Waals surface area contributed by atoms with Crippen molar-refractivity contribution in [3.63, 3.8) is 0 Å². The monoisotopic (exact) mass is 356 g/mol. The summed E-state index contributed by atoms with van der Waals surface area (Å²) < 4.78 is 10.8. The zero-order chi connectivity index (χ0) is 18.2. The lowest BCUT2D eigenvalue weighted by Gasteiger charge is -2.35. The molecule has 26 heavy (non-hydrogen) atoms. The van der Waals surface area contributed by atoms with Gasteiger partial charge in [-0.3, -0.25) is 9.80 Å². The first-order chi connectivity index (χ1) is 12.7. The summed E-state index contributed by atoms with van der Waals surface area (Å²) in [5.41, 5.74) is 1.36. The molecule has 0 bridgehead atoms. The minimum atomic E-state index is -0.488. The summed E-state index contributed by atoms with van der Waals surface area (Å²) in [7, 11) is 1.64. The van der Waals surface area contributed by atoms with Crippen LogP contribution in [0.5, 0.6) is 11.5 Å². The summed E-state index contributed by atoms with van der Waals surface area (Å²) in [6.07, 6.45) is -0.488. The van der Waals surface area contributed by atoms with Gasteiger partial charge in [-0.25, -0.2) is 0 Å². The molecule has 5 heteroatoms. The molecule has 0 aromatic heterocycles. The van der Waals surface area contributed by atoms with E-state index in [2.05, 4.69) is 40.1 Å². The topological polar surface area (TPSA) is 45.2 Å². The van der Waals surface area contributed by atoms with Crippen LogP contribution in [0.2, 0.25) is 0 Å². The van der Waals surface area contributed by atoms with Crippen LogP contribution in [0.25, 0.3) is 0 Å². The van der Waals surface area contributed by atoms with Crippen LogP contribution in [0.4, 0.5) is 0 Å². The second-order valence-corrected chi connectivity index (χ2v) is 6.70. The van der Waals surface area contributed by atoms with Gasteiger partial charge in [-0.05, 0) is 29.8 Å². The standard InChI is InChI=1S/C21H28N2O3/c1-25-20-7-9-21(10-8-20)26-17-19(24)16-23-13-11-22(12-14-23)15-18-5-3-2-4-6-18/h2-10,19,24H,11-17H2,1H3/t19-/m0/s1. The van der Waals surface area contributed by atoms with E-state index in [1.54, 1.807) is 7.11 Å². The first-order valence-electron chi connectivity index (χ1n) is 9.16. The summed E-state index contributed by atoms with van der Waals surface area (Å²) in [5, 5.41) is 10.3.